The summed E-state index contributed by atoms with van der Waals surface area (Å²) in [5, 5.41) is 11.5. The van der Waals surface area contributed by atoms with Gasteiger partial charge in [0.25, 0.3) is 0 Å². The first-order chi connectivity index (χ1) is 15.4. The van der Waals surface area contributed by atoms with Gasteiger partial charge in [0.15, 0.2) is 5.82 Å². The number of nitrogens with two attached hydrogens (primary N) is 1. The molecule has 3 N–H and O–H groups in total. The van der Waals surface area contributed by atoms with Gasteiger partial charge in [-0.2, -0.15) is 0 Å². The molecule has 6 nitrogen and oxygen atoms in total. The second-order valence-corrected chi connectivity index (χ2v) is 8.89. The Kier molecular flexibility index (Phi) is 6.28. The molecule has 32 heavy (non-hydrogen) atoms. The molecule has 0 aliphatic heterocycles. The molecule has 162 valence electrons. The van der Waals surface area contributed by atoms with E-state index in [4.69, 9.17) is 5.84 Å². The predicted molar refractivity (Wildman–Crippen MR) is 130 cm³/mol. The number of amides is 1. The maximum absolute atomic E-state index is 13.3. The van der Waals surface area contributed by atoms with Crippen molar-refractivity contribution in [3.63, 3.8) is 0 Å². The number of aryl methyl sites for hydroxylation is 3. The molecular weight excluding hydrogens is 418 g/mol. The molecule has 1 atom stereocenters. The van der Waals surface area contributed by atoms with Crippen molar-refractivity contribution in [2.24, 2.45) is 0 Å². The highest BCUT2D eigenvalue weighted by Crippen LogP contribution is 2.36. The van der Waals surface area contributed by atoms with Gasteiger partial charge in [0.2, 0.25) is 11.1 Å². The number of nitrogen functional groups attached to an aromatic ring is 1. The number of hydrogen-bond donors (Lipinski definition) is 2. The number of nitrogens with one attached hydrogen (secondary N) is 1. The second kappa shape index (κ2) is 9.28. The third kappa shape index (κ3) is 4.84. The third-order valence-corrected chi connectivity index (χ3v) is 6.24. The molecule has 0 aliphatic carbocycles. The molecule has 0 bridgehead atoms. The van der Waals surface area contributed by atoms with Crippen LogP contribution in [0.25, 0.3) is 11.4 Å². The van der Waals surface area contributed by atoms with Gasteiger partial charge in [0.05, 0.1) is 0 Å². The van der Waals surface area contributed by atoms with Crippen molar-refractivity contribution in [2.45, 2.75) is 31.2 Å². The van der Waals surface area contributed by atoms with Gasteiger partial charge >= 0.3 is 0 Å². The van der Waals surface area contributed by atoms with Crippen LogP contribution in [0.5, 0.6) is 0 Å². The van der Waals surface area contributed by atoms with E-state index in [0.717, 1.165) is 33.5 Å². The van der Waals surface area contributed by atoms with Gasteiger partial charge in [0.1, 0.15) is 5.25 Å². The first-order valence-corrected chi connectivity index (χ1v) is 11.2. The van der Waals surface area contributed by atoms with Crippen molar-refractivity contribution in [1.82, 2.24) is 14.9 Å². The molecule has 1 aromatic heterocycles. The lowest BCUT2D eigenvalue weighted by molar-refractivity contribution is -0.115. The molecule has 4 aromatic rings. The zero-order chi connectivity index (χ0) is 22.7. The van der Waals surface area contributed by atoms with Crippen molar-refractivity contribution in [3.8, 4) is 11.4 Å². The summed E-state index contributed by atoms with van der Waals surface area (Å²) in [5.41, 5.74) is 5.83. The second-order valence-electron chi connectivity index (χ2n) is 7.82. The fraction of sp³-hybridized carbons (Fsp3) is 0.160. The lowest BCUT2D eigenvalue weighted by atomic mass is 10.1. The van der Waals surface area contributed by atoms with Crippen LogP contribution in [-0.4, -0.2) is 20.8 Å². The summed E-state index contributed by atoms with van der Waals surface area (Å²) in [6.07, 6.45) is 0. The Labute approximate surface area is 191 Å². The van der Waals surface area contributed by atoms with Crippen molar-refractivity contribution in [2.75, 3.05) is 11.2 Å². The number of carbonyl (C=O) groups excluding carboxylic acids is 1. The van der Waals surface area contributed by atoms with Crippen LogP contribution < -0.4 is 11.2 Å². The fourth-order valence-corrected chi connectivity index (χ4v) is 4.48. The molecule has 0 saturated carbocycles. The number of nitrogens with zero attached hydrogens (tertiary/aromatic N) is 3. The molecule has 3 aromatic carbocycles. The molecule has 1 unspecified atom stereocenters. The monoisotopic (exact) mass is 443 g/mol. The Balaban J connectivity index is 1.63. The van der Waals surface area contributed by atoms with E-state index in [1.807, 2.05) is 87.5 Å². The van der Waals surface area contributed by atoms with E-state index in [-0.39, 0.29) is 5.91 Å². The van der Waals surface area contributed by atoms with E-state index < -0.39 is 5.25 Å². The number of hydrogen-bond acceptors (Lipinski definition) is 5. The molecule has 0 radical (unpaired) electrons. The quantitative estimate of drug-likeness (QED) is 0.321. The molecule has 1 amide bonds. The average Bonchev–Trinajstić information content (AvgIpc) is 3.12. The third-order valence-electron chi connectivity index (χ3n) is 5.03. The minimum Gasteiger partial charge on any atom is -0.335 e. The smallest absolute Gasteiger partial charge is 0.242 e. The Bertz CT molecular complexity index is 1210. The van der Waals surface area contributed by atoms with E-state index >= 15 is 0 Å². The normalized spacial score (nSPS) is 11.8. The van der Waals surface area contributed by atoms with Crippen LogP contribution in [0.2, 0.25) is 0 Å². The number of aromatic nitrogens is 3. The Morgan fingerprint density at radius 1 is 0.906 bits per heavy atom. The molecule has 7 heteroatoms. The first kappa shape index (κ1) is 21.6. The van der Waals surface area contributed by atoms with Crippen molar-refractivity contribution in [1.29, 1.82) is 0 Å². The van der Waals surface area contributed by atoms with E-state index in [9.17, 15) is 4.79 Å². The highest BCUT2D eigenvalue weighted by molar-refractivity contribution is 8.00. The first-order valence-electron chi connectivity index (χ1n) is 10.3. The molecular formula is C25H25N5OS. The summed E-state index contributed by atoms with van der Waals surface area (Å²) < 4.78 is 1.44. The van der Waals surface area contributed by atoms with Crippen molar-refractivity contribution < 1.29 is 4.79 Å². The topological polar surface area (TPSA) is 85.8 Å². The SMILES string of the molecule is Cc1ccc(-c2nnc(SC(C(=O)Nc3cc(C)cc(C)c3)c3ccccc3)n2N)cc1. The number of anilines is 1. The lowest BCUT2D eigenvalue weighted by Gasteiger charge is -2.17. The zero-order valence-electron chi connectivity index (χ0n) is 18.2. The summed E-state index contributed by atoms with van der Waals surface area (Å²) in [7, 11) is 0. The van der Waals surface area contributed by atoms with Crippen LogP contribution in [0.3, 0.4) is 0 Å². The van der Waals surface area contributed by atoms with Gasteiger partial charge in [0, 0.05) is 11.3 Å². The molecule has 0 aliphatic rings. The van der Waals surface area contributed by atoms with Gasteiger partial charge in [-0.25, -0.2) is 4.68 Å². The maximum Gasteiger partial charge on any atom is 0.242 e. The maximum atomic E-state index is 13.3. The highest BCUT2D eigenvalue weighted by Gasteiger charge is 2.26. The standard InChI is InChI=1S/C25H25N5OS/c1-16-9-11-20(12-10-16)23-28-29-25(30(23)26)32-22(19-7-5-4-6-8-19)24(31)27-21-14-17(2)13-18(3)15-21/h4-15,22H,26H2,1-3H3,(H,27,31). The van der Waals surface area contributed by atoms with Gasteiger partial charge in [-0.1, -0.05) is 78.0 Å². The zero-order valence-corrected chi connectivity index (χ0v) is 19.1. The number of thioether (sulfide) groups is 1. The van der Waals surface area contributed by atoms with E-state index in [1.165, 1.54) is 16.4 Å². The summed E-state index contributed by atoms with van der Waals surface area (Å²) in [4.78, 5) is 13.3. The Morgan fingerprint density at radius 2 is 1.56 bits per heavy atom. The summed E-state index contributed by atoms with van der Waals surface area (Å²) >= 11 is 1.28. The molecule has 0 spiro atoms. The molecule has 4 rings (SSSR count). The van der Waals surface area contributed by atoms with Gasteiger partial charge < -0.3 is 11.2 Å². The number of carbonyl (C=O) groups is 1. The Morgan fingerprint density at radius 3 is 2.22 bits per heavy atom. The highest BCUT2D eigenvalue weighted by atomic mass is 32.2. The average molecular weight is 444 g/mol. The van der Waals surface area contributed by atoms with Crippen molar-refractivity contribution >= 4 is 23.4 Å². The fourth-order valence-electron chi connectivity index (χ4n) is 3.52. The van der Waals surface area contributed by atoms with Crippen LogP contribution >= 0.6 is 11.8 Å². The van der Waals surface area contributed by atoms with Gasteiger partial charge in [-0.15, -0.1) is 10.2 Å². The number of benzene rings is 3. The van der Waals surface area contributed by atoms with Crippen LogP contribution in [0.1, 0.15) is 27.5 Å². The van der Waals surface area contributed by atoms with Crippen LogP contribution in [0, 0.1) is 20.8 Å². The molecule has 0 fully saturated rings. The van der Waals surface area contributed by atoms with E-state index in [1.54, 1.807) is 0 Å². The van der Waals surface area contributed by atoms with Crippen LogP contribution in [0.4, 0.5) is 5.69 Å². The molecule has 1 heterocycles. The predicted octanol–water partition coefficient (Wildman–Crippen LogP) is 5.06. The van der Waals surface area contributed by atoms with Crippen molar-refractivity contribution in [3.05, 3.63) is 95.1 Å². The summed E-state index contributed by atoms with van der Waals surface area (Å²) in [6, 6.07) is 23.5. The summed E-state index contributed by atoms with van der Waals surface area (Å²) in [5.74, 6) is 6.73. The summed E-state index contributed by atoms with van der Waals surface area (Å²) in [6.45, 7) is 6.04. The van der Waals surface area contributed by atoms with E-state index in [2.05, 4.69) is 21.6 Å². The lowest BCUT2D eigenvalue weighted by Crippen LogP contribution is -2.20. The minimum atomic E-state index is -0.547. The largest absolute Gasteiger partial charge is 0.335 e. The Hall–Kier alpha value is -3.58. The van der Waals surface area contributed by atoms with E-state index in [0.29, 0.717) is 11.0 Å². The molecule has 0 saturated heterocycles. The van der Waals surface area contributed by atoms with Crippen LogP contribution in [0.15, 0.2) is 78.0 Å². The van der Waals surface area contributed by atoms with Gasteiger partial charge in [-0.05, 0) is 49.6 Å². The minimum absolute atomic E-state index is 0.147. The number of rotatable bonds is 6. The van der Waals surface area contributed by atoms with Crippen LogP contribution in [-0.2, 0) is 4.79 Å². The van der Waals surface area contributed by atoms with Gasteiger partial charge in [-0.3, -0.25) is 4.79 Å².